The van der Waals surface area contributed by atoms with Crippen molar-refractivity contribution in [3.05, 3.63) is 18.4 Å². The van der Waals surface area contributed by atoms with Crippen LogP contribution in [0.1, 0.15) is 36.2 Å². The second-order valence-electron chi connectivity index (χ2n) is 5.06. The highest BCUT2D eigenvalue weighted by Gasteiger charge is 2.35. The number of carbonyl (C=O) groups is 2. The maximum Gasteiger partial charge on any atom is 0.291 e. The van der Waals surface area contributed by atoms with E-state index in [1.807, 2.05) is 0 Å². The molecule has 1 aromatic rings. The summed E-state index contributed by atoms with van der Waals surface area (Å²) in [6.07, 6.45) is 5.28. The summed E-state index contributed by atoms with van der Waals surface area (Å²) in [5.74, 6) is -0.0182. The van der Waals surface area contributed by atoms with E-state index in [1.165, 1.54) is 12.6 Å². The van der Waals surface area contributed by atoms with E-state index in [2.05, 4.69) is 10.3 Å². The number of nitrogens with one attached hydrogen (secondary N) is 1. The van der Waals surface area contributed by atoms with E-state index in [-0.39, 0.29) is 29.7 Å². The monoisotopic (exact) mass is 295 g/mol. The Morgan fingerprint density at radius 1 is 1.57 bits per heavy atom. The van der Waals surface area contributed by atoms with E-state index in [1.54, 1.807) is 19.1 Å². The molecule has 0 aromatic carbocycles. The van der Waals surface area contributed by atoms with Crippen LogP contribution in [0.2, 0.25) is 0 Å². The molecule has 2 heterocycles. The number of likely N-dealkylation sites (tertiary alicyclic amines) is 1. The van der Waals surface area contributed by atoms with E-state index in [0.717, 1.165) is 12.8 Å². The minimum Gasteiger partial charge on any atom is -0.438 e. The Bertz CT molecular complexity index is 475. The lowest BCUT2D eigenvalue weighted by atomic mass is 9.94. The van der Waals surface area contributed by atoms with Crippen molar-refractivity contribution in [2.24, 2.45) is 0 Å². The van der Waals surface area contributed by atoms with Crippen molar-refractivity contribution in [2.45, 2.75) is 37.8 Å². The van der Waals surface area contributed by atoms with Gasteiger partial charge in [-0.3, -0.25) is 9.59 Å². The highest BCUT2D eigenvalue weighted by Crippen LogP contribution is 2.25. The Morgan fingerprint density at radius 3 is 3.00 bits per heavy atom. The van der Waals surface area contributed by atoms with E-state index in [9.17, 15) is 9.59 Å². The summed E-state index contributed by atoms with van der Waals surface area (Å²) in [6, 6.07) is -0.126. The number of nitrogens with zero attached hydrogens (tertiary/aromatic N) is 2. The van der Waals surface area contributed by atoms with Crippen LogP contribution in [0.5, 0.6) is 0 Å². The average Bonchev–Trinajstić information content (AvgIpc) is 3.05. The molecule has 1 aliphatic rings. The van der Waals surface area contributed by atoms with Gasteiger partial charge in [0, 0.05) is 27.1 Å². The maximum absolute atomic E-state index is 12.5. The van der Waals surface area contributed by atoms with Crippen molar-refractivity contribution in [3.8, 4) is 0 Å². The SMILES string of the molecule is CNC(=O)CC[C@H]1[C@@H](OC)CCCN1C(=O)c1cnco1. The normalized spacial score (nSPS) is 22.1. The van der Waals surface area contributed by atoms with Gasteiger partial charge in [0.2, 0.25) is 11.7 Å². The molecule has 2 amide bonds. The first-order valence-electron chi connectivity index (χ1n) is 7.10. The summed E-state index contributed by atoms with van der Waals surface area (Å²) in [5.41, 5.74) is 0. The van der Waals surface area contributed by atoms with Crippen molar-refractivity contribution >= 4 is 11.8 Å². The maximum atomic E-state index is 12.5. The van der Waals surface area contributed by atoms with Gasteiger partial charge in [-0.25, -0.2) is 4.98 Å². The molecule has 0 unspecified atom stereocenters. The molecule has 2 atom stereocenters. The number of piperidine rings is 1. The standard InChI is InChI=1S/C14H21N3O4/c1-15-13(18)6-5-10-11(20-2)4-3-7-17(10)14(19)12-8-16-9-21-12/h8-11H,3-7H2,1-2H3,(H,15,18)/t10-,11-/m0/s1. The second-order valence-corrected chi connectivity index (χ2v) is 5.06. The molecule has 1 fully saturated rings. The molecular weight excluding hydrogens is 274 g/mol. The molecule has 0 bridgehead atoms. The fraction of sp³-hybridized carbons (Fsp3) is 0.643. The Kier molecular flexibility index (Phi) is 5.32. The first-order chi connectivity index (χ1) is 10.2. The van der Waals surface area contributed by atoms with Crippen LogP contribution >= 0.6 is 0 Å². The van der Waals surface area contributed by atoms with Gasteiger partial charge in [0.15, 0.2) is 6.39 Å². The summed E-state index contributed by atoms with van der Waals surface area (Å²) in [6.45, 7) is 0.637. The minimum atomic E-state index is -0.198. The van der Waals surface area contributed by atoms with Gasteiger partial charge in [-0.05, 0) is 19.3 Å². The number of amides is 2. The molecule has 116 valence electrons. The van der Waals surface area contributed by atoms with Crippen LogP contribution in [0.25, 0.3) is 0 Å². The van der Waals surface area contributed by atoms with Crippen molar-refractivity contribution in [1.29, 1.82) is 0 Å². The van der Waals surface area contributed by atoms with Gasteiger partial charge < -0.3 is 19.4 Å². The molecule has 21 heavy (non-hydrogen) atoms. The molecular formula is C14H21N3O4. The third-order valence-electron chi connectivity index (χ3n) is 3.87. The van der Waals surface area contributed by atoms with E-state index in [0.29, 0.717) is 19.4 Å². The predicted octanol–water partition coefficient (Wildman–Crippen LogP) is 0.820. The van der Waals surface area contributed by atoms with Gasteiger partial charge in [-0.15, -0.1) is 0 Å². The molecule has 0 spiro atoms. The number of hydrogen-bond donors (Lipinski definition) is 1. The Hall–Kier alpha value is -1.89. The highest BCUT2D eigenvalue weighted by atomic mass is 16.5. The summed E-state index contributed by atoms with van der Waals surface area (Å²) in [5, 5.41) is 2.60. The zero-order valence-electron chi connectivity index (χ0n) is 12.4. The van der Waals surface area contributed by atoms with Gasteiger partial charge in [0.25, 0.3) is 5.91 Å². The molecule has 0 saturated carbocycles. The van der Waals surface area contributed by atoms with E-state index < -0.39 is 0 Å². The van der Waals surface area contributed by atoms with Crippen LogP contribution in [0.4, 0.5) is 0 Å². The van der Waals surface area contributed by atoms with Crippen LogP contribution in [0.15, 0.2) is 17.0 Å². The number of hydrogen-bond acceptors (Lipinski definition) is 5. The lowest BCUT2D eigenvalue weighted by molar-refractivity contribution is -0.121. The molecule has 0 radical (unpaired) electrons. The van der Waals surface area contributed by atoms with Crippen molar-refractivity contribution in [3.63, 3.8) is 0 Å². The van der Waals surface area contributed by atoms with Crippen molar-refractivity contribution in [1.82, 2.24) is 15.2 Å². The quantitative estimate of drug-likeness (QED) is 0.869. The van der Waals surface area contributed by atoms with Gasteiger partial charge in [0.1, 0.15) is 0 Å². The van der Waals surface area contributed by atoms with Crippen LogP contribution < -0.4 is 5.32 Å². The fourth-order valence-corrected chi connectivity index (χ4v) is 2.76. The molecule has 1 aliphatic heterocycles. The first kappa shape index (κ1) is 15.5. The lowest BCUT2D eigenvalue weighted by Crippen LogP contribution is -2.51. The van der Waals surface area contributed by atoms with Gasteiger partial charge in [0.05, 0.1) is 18.3 Å². The van der Waals surface area contributed by atoms with E-state index >= 15 is 0 Å². The topological polar surface area (TPSA) is 84.7 Å². The second kappa shape index (κ2) is 7.21. The van der Waals surface area contributed by atoms with Crippen LogP contribution in [-0.4, -0.2) is 54.5 Å². The summed E-state index contributed by atoms with van der Waals surface area (Å²) >= 11 is 0. The summed E-state index contributed by atoms with van der Waals surface area (Å²) in [7, 11) is 3.24. The van der Waals surface area contributed by atoms with Crippen molar-refractivity contribution < 1.29 is 18.7 Å². The number of methoxy groups -OCH3 is 1. The highest BCUT2D eigenvalue weighted by molar-refractivity contribution is 5.91. The van der Waals surface area contributed by atoms with Crippen LogP contribution in [-0.2, 0) is 9.53 Å². The number of ether oxygens (including phenoxy) is 1. The van der Waals surface area contributed by atoms with E-state index in [4.69, 9.17) is 9.15 Å². The number of aromatic nitrogens is 1. The number of rotatable bonds is 5. The molecule has 1 aromatic heterocycles. The van der Waals surface area contributed by atoms with Crippen LogP contribution in [0, 0.1) is 0 Å². The molecule has 1 N–H and O–H groups in total. The largest absolute Gasteiger partial charge is 0.438 e. The number of carbonyl (C=O) groups excluding carboxylic acids is 2. The Morgan fingerprint density at radius 2 is 2.38 bits per heavy atom. The molecule has 0 aliphatic carbocycles. The third kappa shape index (κ3) is 3.60. The predicted molar refractivity (Wildman–Crippen MR) is 74.7 cm³/mol. The Balaban J connectivity index is 2.11. The Labute approximate surface area is 123 Å². The molecule has 2 rings (SSSR count). The summed E-state index contributed by atoms with van der Waals surface area (Å²) in [4.78, 5) is 29.5. The van der Waals surface area contributed by atoms with Gasteiger partial charge in [-0.1, -0.05) is 0 Å². The minimum absolute atomic E-state index is 0.0394. The molecule has 7 nitrogen and oxygen atoms in total. The molecule has 7 heteroatoms. The van der Waals surface area contributed by atoms with Crippen LogP contribution in [0.3, 0.4) is 0 Å². The van der Waals surface area contributed by atoms with Crippen molar-refractivity contribution in [2.75, 3.05) is 20.7 Å². The zero-order valence-corrected chi connectivity index (χ0v) is 12.4. The third-order valence-corrected chi connectivity index (χ3v) is 3.87. The first-order valence-corrected chi connectivity index (χ1v) is 7.10. The summed E-state index contributed by atoms with van der Waals surface area (Å²) < 4.78 is 10.6. The average molecular weight is 295 g/mol. The van der Waals surface area contributed by atoms with Gasteiger partial charge >= 0.3 is 0 Å². The molecule has 1 saturated heterocycles. The van der Waals surface area contributed by atoms with Gasteiger partial charge in [-0.2, -0.15) is 0 Å². The smallest absolute Gasteiger partial charge is 0.291 e. The fourth-order valence-electron chi connectivity index (χ4n) is 2.76. The number of oxazole rings is 1. The zero-order chi connectivity index (χ0) is 15.2. The lowest BCUT2D eigenvalue weighted by Gasteiger charge is -2.40.